The fraction of sp³-hybridized carbons (Fsp3) is 0.103. The fourth-order valence-corrected chi connectivity index (χ4v) is 3.49. The molecule has 0 spiro atoms. The second-order valence-electron chi connectivity index (χ2n) is 7.80. The van der Waals surface area contributed by atoms with E-state index < -0.39 is 0 Å². The molecule has 7 heteroatoms. The Hall–Kier alpha value is -4.29. The lowest BCUT2D eigenvalue weighted by Crippen LogP contribution is -2.24. The van der Waals surface area contributed by atoms with E-state index in [-0.39, 0.29) is 12.5 Å². The van der Waals surface area contributed by atoms with Crippen LogP contribution in [0.25, 0.3) is 11.1 Å². The highest BCUT2D eigenvalue weighted by molar-refractivity contribution is 6.30. The summed E-state index contributed by atoms with van der Waals surface area (Å²) in [6.45, 7) is 0.231. The summed E-state index contributed by atoms with van der Waals surface area (Å²) >= 11 is 5.92. The van der Waals surface area contributed by atoms with Gasteiger partial charge in [0.05, 0.1) is 13.3 Å². The van der Waals surface area contributed by atoms with Crippen molar-refractivity contribution in [2.75, 3.05) is 13.7 Å². The maximum Gasteiger partial charge on any atom is 0.277 e. The van der Waals surface area contributed by atoms with Gasteiger partial charge in [0, 0.05) is 5.02 Å². The van der Waals surface area contributed by atoms with Gasteiger partial charge in [-0.2, -0.15) is 5.10 Å². The molecule has 0 unspecified atom stereocenters. The molecule has 0 aliphatic rings. The molecule has 0 aliphatic heterocycles. The highest BCUT2D eigenvalue weighted by Gasteiger charge is 2.07. The van der Waals surface area contributed by atoms with E-state index >= 15 is 0 Å². The van der Waals surface area contributed by atoms with Crippen LogP contribution in [0.5, 0.6) is 17.2 Å². The zero-order valence-corrected chi connectivity index (χ0v) is 20.4. The van der Waals surface area contributed by atoms with Crippen LogP contribution in [-0.4, -0.2) is 25.8 Å². The smallest absolute Gasteiger partial charge is 0.277 e. The molecular weight excluding hydrogens is 476 g/mol. The van der Waals surface area contributed by atoms with Gasteiger partial charge in [-0.1, -0.05) is 66.2 Å². The van der Waals surface area contributed by atoms with Crippen molar-refractivity contribution in [2.45, 2.75) is 6.61 Å². The Labute approximate surface area is 215 Å². The van der Waals surface area contributed by atoms with Crippen molar-refractivity contribution in [1.82, 2.24) is 5.43 Å². The van der Waals surface area contributed by atoms with Crippen molar-refractivity contribution in [3.63, 3.8) is 0 Å². The van der Waals surface area contributed by atoms with Crippen molar-refractivity contribution in [3.05, 3.63) is 113 Å². The second-order valence-corrected chi connectivity index (χ2v) is 8.23. The van der Waals surface area contributed by atoms with Crippen LogP contribution >= 0.6 is 11.6 Å². The number of carbonyl (C=O) groups excluding carboxylic acids is 1. The van der Waals surface area contributed by atoms with E-state index in [4.69, 9.17) is 25.8 Å². The van der Waals surface area contributed by atoms with Crippen molar-refractivity contribution in [2.24, 2.45) is 5.10 Å². The SMILES string of the molecule is COc1cc(/C=N/NC(=O)COc2ccc(-c3ccccc3)cc2)ccc1OCc1ccc(Cl)cc1. The van der Waals surface area contributed by atoms with Gasteiger partial charge in [-0.25, -0.2) is 5.43 Å². The monoisotopic (exact) mass is 500 g/mol. The van der Waals surface area contributed by atoms with E-state index in [1.54, 1.807) is 19.2 Å². The molecule has 0 heterocycles. The summed E-state index contributed by atoms with van der Waals surface area (Å²) in [4.78, 5) is 12.1. The number of halogens is 1. The molecular formula is C29H25ClN2O4. The number of hydrogen-bond donors (Lipinski definition) is 1. The van der Waals surface area contributed by atoms with E-state index in [2.05, 4.69) is 10.5 Å². The molecule has 0 fully saturated rings. The van der Waals surface area contributed by atoms with E-state index in [9.17, 15) is 4.79 Å². The van der Waals surface area contributed by atoms with Crippen LogP contribution in [0.4, 0.5) is 0 Å². The molecule has 1 N–H and O–H groups in total. The number of nitrogens with one attached hydrogen (secondary N) is 1. The van der Waals surface area contributed by atoms with Gasteiger partial charge in [0.15, 0.2) is 18.1 Å². The summed E-state index contributed by atoms with van der Waals surface area (Å²) in [6, 6.07) is 30.5. The van der Waals surface area contributed by atoms with Gasteiger partial charge in [-0.3, -0.25) is 4.79 Å². The first kappa shape index (κ1) is 24.8. The third kappa shape index (κ3) is 7.10. The van der Waals surface area contributed by atoms with Crippen LogP contribution in [0, 0.1) is 0 Å². The van der Waals surface area contributed by atoms with Crippen LogP contribution in [0.1, 0.15) is 11.1 Å². The number of carbonyl (C=O) groups is 1. The molecule has 0 saturated carbocycles. The third-order valence-corrected chi connectivity index (χ3v) is 5.48. The molecule has 6 nitrogen and oxygen atoms in total. The summed E-state index contributed by atoms with van der Waals surface area (Å²) in [7, 11) is 1.57. The van der Waals surface area contributed by atoms with Crippen LogP contribution in [0.15, 0.2) is 102 Å². The van der Waals surface area contributed by atoms with Crippen molar-refractivity contribution in [1.29, 1.82) is 0 Å². The molecule has 0 atom stereocenters. The number of benzene rings is 4. The number of hydrazone groups is 1. The molecule has 4 rings (SSSR count). The van der Waals surface area contributed by atoms with Gasteiger partial charge < -0.3 is 14.2 Å². The molecule has 182 valence electrons. The van der Waals surface area contributed by atoms with E-state index in [0.29, 0.717) is 28.9 Å². The maximum atomic E-state index is 12.1. The lowest BCUT2D eigenvalue weighted by molar-refractivity contribution is -0.123. The first-order valence-corrected chi connectivity index (χ1v) is 11.6. The summed E-state index contributed by atoms with van der Waals surface area (Å²) in [5.41, 5.74) is 6.39. The molecule has 0 saturated heterocycles. The number of rotatable bonds is 10. The minimum atomic E-state index is -0.367. The van der Waals surface area contributed by atoms with Crippen molar-refractivity contribution >= 4 is 23.7 Å². The Bertz CT molecular complexity index is 1310. The molecule has 0 bridgehead atoms. The third-order valence-electron chi connectivity index (χ3n) is 5.23. The Balaban J connectivity index is 1.25. The zero-order valence-electron chi connectivity index (χ0n) is 19.7. The fourth-order valence-electron chi connectivity index (χ4n) is 3.36. The van der Waals surface area contributed by atoms with E-state index in [0.717, 1.165) is 22.3 Å². The molecule has 0 aliphatic carbocycles. The maximum absolute atomic E-state index is 12.1. The van der Waals surface area contributed by atoms with Gasteiger partial charge in [-0.05, 0) is 64.7 Å². The largest absolute Gasteiger partial charge is 0.493 e. The summed E-state index contributed by atoms with van der Waals surface area (Å²) < 4.78 is 16.8. The minimum Gasteiger partial charge on any atom is -0.493 e. The Morgan fingerprint density at radius 3 is 2.31 bits per heavy atom. The first-order valence-electron chi connectivity index (χ1n) is 11.3. The van der Waals surface area contributed by atoms with Gasteiger partial charge in [-0.15, -0.1) is 0 Å². The number of methoxy groups -OCH3 is 1. The molecule has 36 heavy (non-hydrogen) atoms. The molecule has 4 aromatic rings. The van der Waals surface area contributed by atoms with Crippen LogP contribution in [0.3, 0.4) is 0 Å². The van der Waals surface area contributed by atoms with Gasteiger partial charge >= 0.3 is 0 Å². The molecule has 0 radical (unpaired) electrons. The number of amides is 1. The quantitative estimate of drug-likeness (QED) is 0.210. The second kappa shape index (κ2) is 12.4. The van der Waals surface area contributed by atoms with Crippen LogP contribution in [-0.2, 0) is 11.4 Å². The molecule has 0 aromatic heterocycles. The average molecular weight is 501 g/mol. The lowest BCUT2D eigenvalue weighted by atomic mass is 10.1. The predicted octanol–water partition coefficient (Wildman–Crippen LogP) is 6.12. The summed E-state index contributed by atoms with van der Waals surface area (Å²) in [6.07, 6.45) is 1.53. The van der Waals surface area contributed by atoms with Gasteiger partial charge in [0.25, 0.3) is 5.91 Å². The van der Waals surface area contributed by atoms with Crippen LogP contribution in [0.2, 0.25) is 5.02 Å². The molecule has 4 aromatic carbocycles. The van der Waals surface area contributed by atoms with E-state index in [1.165, 1.54) is 6.21 Å². The first-order chi connectivity index (χ1) is 17.6. The van der Waals surface area contributed by atoms with Gasteiger partial charge in [0.1, 0.15) is 12.4 Å². The standard InChI is InChI=1S/C29H25ClN2O4/c1-34-28-17-22(9-16-27(28)36-19-21-7-12-25(30)13-8-21)18-31-32-29(33)20-35-26-14-10-24(11-15-26)23-5-3-2-4-6-23/h2-18H,19-20H2,1H3,(H,32,33)/b31-18+. The Morgan fingerprint density at radius 1 is 0.861 bits per heavy atom. The average Bonchev–Trinajstić information content (AvgIpc) is 2.92. The lowest BCUT2D eigenvalue weighted by Gasteiger charge is -2.11. The number of ether oxygens (including phenoxy) is 3. The van der Waals surface area contributed by atoms with Crippen molar-refractivity contribution < 1.29 is 19.0 Å². The number of nitrogens with zero attached hydrogens (tertiary/aromatic N) is 1. The van der Waals surface area contributed by atoms with E-state index in [1.807, 2.05) is 84.9 Å². The Kier molecular flexibility index (Phi) is 8.57. The highest BCUT2D eigenvalue weighted by atomic mass is 35.5. The van der Waals surface area contributed by atoms with Crippen molar-refractivity contribution in [3.8, 4) is 28.4 Å². The normalized spacial score (nSPS) is 10.7. The summed E-state index contributed by atoms with van der Waals surface area (Å²) in [5, 5.41) is 4.68. The number of hydrogen-bond acceptors (Lipinski definition) is 5. The van der Waals surface area contributed by atoms with Crippen LogP contribution < -0.4 is 19.6 Å². The van der Waals surface area contributed by atoms with Gasteiger partial charge in [0.2, 0.25) is 0 Å². The highest BCUT2D eigenvalue weighted by Crippen LogP contribution is 2.28. The summed E-state index contributed by atoms with van der Waals surface area (Å²) in [5.74, 6) is 1.39. The Morgan fingerprint density at radius 2 is 1.58 bits per heavy atom. The molecule has 1 amide bonds. The topological polar surface area (TPSA) is 69.2 Å². The zero-order chi connectivity index (χ0) is 25.2. The predicted molar refractivity (Wildman–Crippen MR) is 142 cm³/mol. The minimum absolute atomic E-state index is 0.150.